The number of rotatable bonds is 13. The minimum atomic E-state index is -4.84. The second-order valence-corrected chi connectivity index (χ2v) is 20.5. The average Bonchev–Trinajstić information content (AvgIpc) is 3.78. The number of aromatic nitrogens is 4. The number of hydrogen-bond acceptors (Lipinski definition) is 9. The summed E-state index contributed by atoms with van der Waals surface area (Å²) in [7, 11) is -1.31. The molecular weight excluding hydrogens is 684 g/mol. The molecule has 272 valence electrons. The van der Waals surface area contributed by atoms with Crippen LogP contribution >= 0.6 is 0 Å². The molecule has 1 unspecified atom stereocenters. The monoisotopic (exact) mass is 725 g/mol. The summed E-state index contributed by atoms with van der Waals surface area (Å²) in [5, 5.41) is 8.31. The zero-order chi connectivity index (χ0) is 35.9. The highest BCUT2D eigenvalue weighted by atomic mass is 28.3. The number of hydrogen-bond donors (Lipinski definition) is 0. The first-order valence-electron chi connectivity index (χ1n) is 17.5. The van der Waals surface area contributed by atoms with E-state index >= 15 is 0 Å². The zero-order valence-corrected chi connectivity index (χ0v) is 29.9. The third-order valence-electron chi connectivity index (χ3n) is 9.86. The number of anilines is 1. The van der Waals surface area contributed by atoms with E-state index in [9.17, 15) is 22.8 Å². The Balaban J connectivity index is 1.02. The Morgan fingerprint density at radius 2 is 1.63 bits per heavy atom. The topological polar surface area (TPSA) is 114 Å². The second kappa shape index (κ2) is 14.1. The van der Waals surface area contributed by atoms with E-state index in [0.717, 1.165) is 61.0 Å². The summed E-state index contributed by atoms with van der Waals surface area (Å²) in [6.45, 7) is 7.25. The van der Waals surface area contributed by atoms with Crippen LogP contribution in [0.1, 0.15) is 55.8 Å². The number of para-hydroxylation sites is 1. The van der Waals surface area contributed by atoms with Crippen LogP contribution in [-0.4, -0.2) is 58.7 Å². The summed E-state index contributed by atoms with van der Waals surface area (Å²) in [5.41, 5.74) is 1.71. The van der Waals surface area contributed by atoms with Crippen LogP contribution in [0.25, 0.3) is 16.9 Å². The van der Waals surface area contributed by atoms with Crippen LogP contribution in [0.4, 0.5) is 18.9 Å². The van der Waals surface area contributed by atoms with Crippen LogP contribution in [0.15, 0.2) is 68.8 Å². The van der Waals surface area contributed by atoms with Gasteiger partial charge in [-0.05, 0) is 81.0 Å². The minimum absolute atomic E-state index is 0.0497. The molecule has 2 aliphatic heterocycles. The summed E-state index contributed by atoms with van der Waals surface area (Å²) in [6, 6.07) is 15.0. The molecule has 2 saturated heterocycles. The Labute approximate surface area is 293 Å². The molecule has 3 atom stereocenters. The summed E-state index contributed by atoms with van der Waals surface area (Å²) in [4.78, 5) is 28.1. The van der Waals surface area contributed by atoms with Gasteiger partial charge in [0.25, 0.3) is 5.56 Å². The number of nitrogens with zero attached hydrogens (tertiary/aromatic N) is 5. The van der Waals surface area contributed by atoms with Gasteiger partial charge in [0.05, 0.1) is 18.4 Å². The predicted molar refractivity (Wildman–Crippen MR) is 186 cm³/mol. The fourth-order valence-corrected chi connectivity index (χ4v) is 7.89. The number of benzene rings is 2. The molecule has 2 bridgehead atoms. The maximum Gasteiger partial charge on any atom is 0.573 e. The first-order valence-corrected chi connectivity index (χ1v) is 21.2. The Hall–Kier alpha value is -4.21. The van der Waals surface area contributed by atoms with E-state index in [4.69, 9.17) is 14.0 Å². The average molecular weight is 726 g/mol. The fraction of sp³-hybridized carbons (Fsp3) is 0.500. The SMILES string of the molecule is C[Si](C)(C)CCOCn1c(=O)cnn(-c2ccc(N3[C@@H]4CC[C@H]3CC(OCc3c(-c5ccccc5OC(F)(F)F)noc3C3CC3)C4)cc2)c1=O. The number of ether oxygens (including phenoxy) is 3. The van der Waals surface area contributed by atoms with Gasteiger partial charge in [-0.15, -0.1) is 13.2 Å². The smallest absolute Gasteiger partial charge is 0.405 e. The lowest BCUT2D eigenvalue weighted by molar-refractivity contribution is -0.274. The van der Waals surface area contributed by atoms with Gasteiger partial charge in [-0.1, -0.05) is 36.9 Å². The quantitative estimate of drug-likeness (QED) is 0.108. The molecule has 15 heteroatoms. The van der Waals surface area contributed by atoms with Crippen molar-refractivity contribution in [3.63, 3.8) is 0 Å². The van der Waals surface area contributed by atoms with E-state index in [1.165, 1.54) is 16.8 Å². The highest BCUT2D eigenvalue weighted by Gasteiger charge is 2.42. The highest BCUT2D eigenvalue weighted by Crippen LogP contribution is 2.46. The lowest BCUT2D eigenvalue weighted by Gasteiger charge is -2.40. The maximum absolute atomic E-state index is 13.2. The van der Waals surface area contributed by atoms with E-state index in [0.29, 0.717) is 29.3 Å². The van der Waals surface area contributed by atoms with Crippen molar-refractivity contribution in [2.24, 2.45) is 0 Å². The Morgan fingerprint density at radius 1 is 0.941 bits per heavy atom. The van der Waals surface area contributed by atoms with E-state index in [-0.39, 0.29) is 48.8 Å². The molecular formula is C36H42F3N5O6Si. The van der Waals surface area contributed by atoms with Gasteiger partial charge in [0.15, 0.2) is 0 Å². The van der Waals surface area contributed by atoms with Crippen LogP contribution < -0.4 is 20.9 Å². The molecule has 51 heavy (non-hydrogen) atoms. The largest absolute Gasteiger partial charge is 0.573 e. The Kier molecular flexibility index (Phi) is 9.71. The number of fused-ring (bicyclic) bond motifs is 2. The molecule has 0 radical (unpaired) electrons. The van der Waals surface area contributed by atoms with E-state index < -0.39 is 25.7 Å². The van der Waals surface area contributed by atoms with Crippen molar-refractivity contribution < 1.29 is 31.9 Å². The van der Waals surface area contributed by atoms with Crippen LogP contribution in [-0.2, 0) is 22.8 Å². The molecule has 0 spiro atoms. The maximum atomic E-state index is 13.2. The number of alkyl halides is 3. The van der Waals surface area contributed by atoms with Gasteiger partial charge in [0.1, 0.15) is 30.1 Å². The lowest BCUT2D eigenvalue weighted by Crippen LogP contribution is -2.45. The van der Waals surface area contributed by atoms with Crippen molar-refractivity contribution in [3.8, 4) is 22.7 Å². The molecule has 4 aromatic rings. The fourth-order valence-electron chi connectivity index (χ4n) is 7.13. The van der Waals surface area contributed by atoms with Crippen molar-refractivity contribution in [1.29, 1.82) is 0 Å². The molecule has 1 saturated carbocycles. The first kappa shape index (κ1) is 35.2. The predicted octanol–water partition coefficient (Wildman–Crippen LogP) is 6.85. The van der Waals surface area contributed by atoms with Gasteiger partial charge >= 0.3 is 12.1 Å². The lowest BCUT2D eigenvalue weighted by atomic mass is 9.98. The van der Waals surface area contributed by atoms with E-state index in [2.05, 4.69) is 39.5 Å². The molecule has 7 rings (SSSR count). The molecule has 0 N–H and O–H groups in total. The van der Waals surface area contributed by atoms with Crippen molar-refractivity contribution in [1.82, 2.24) is 19.5 Å². The van der Waals surface area contributed by atoms with Crippen LogP contribution in [0, 0.1) is 0 Å². The van der Waals surface area contributed by atoms with Crippen molar-refractivity contribution in [2.45, 2.75) is 108 Å². The van der Waals surface area contributed by atoms with Gasteiger partial charge in [-0.2, -0.15) is 9.78 Å². The molecule has 0 amide bonds. The normalized spacial score (nSPS) is 20.6. The van der Waals surface area contributed by atoms with Gasteiger partial charge in [0.2, 0.25) is 0 Å². The van der Waals surface area contributed by atoms with Gasteiger partial charge in [-0.3, -0.25) is 4.79 Å². The van der Waals surface area contributed by atoms with Crippen LogP contribution in [0.3, 0.4) is 0 Å². The van der Waals surface area contributed by atoms with E-state index in [1.54, 1.807) is 12.1 Å². The second-order valence-electron chi connectivity index (χ2n) is 14.9. The van der Waals surface area contributed by atoms with Gasteiger partial charge < -0.3 is 23.6 Å². The highest BCUT2D eigenvalue weighted by molar-refractivity contribution is 6.76. The molecule has 3 aliphatic rings. The minimum Gasteiger partial charge on any atom is -0.405 e. The third-order valence-corrected chi connectivity index (χ3v) is 11.6. The molecule has 1 aliphatic carbocycles. The molecule has 4 heterocycles. The summed E-state index contributed by atoms with van der Waals surface area (Å²) < 4.78 is 64.1. The molecule has 11 nitrogen and oxygen atoms in total. The number of halogens is 3. The molecule has 2 aromatic heterocycles. The van der Waals surface area contributed by atoms with Gasteiger partial charge in [-0.25, -0.2) is 9.36 Å². The van der Waals surface area contributed by atoms with Crippen molar-refractivity contribution in [3.05, 3.63) is 86.9 Å². The molecule has 2 aromatic carbocycles. The summed E-state index contributed by atoms with van der Waals surface area (Å²) >= 11 is 0. The van der Waals surface area contributed by atoms with Crippen molar-refractivity contribution >= 4 is 13.8 Å². The standard InChI is InChI=1S/C36H42F3N5O6Si/c1-51(2,3)17-16-47-22-42-32(45)20-40-44(35(42)46)25-12-10-24(11-13-25)43-26-14-15-27(43)19-28(18-26)48-21-30-33(41-50-34(30)23-8-9-23)29-6-4-5-7-31(29)49-36(37,38)39/h4-7,10-13,20,23,26-28H,8-9,14-19,21-22H2,1-3H3/t26-,27+,28?. The van der Waals surface area contributed by atoms with Crippen LogP contribution in [0.5, 0.6) is 5.75 Å². The van der Waals surface area contributed by atoms with Crippen molar-refractivity contribution in [2.75, 3.05) is 11.5 Å². The first-order chi connectivity index (χ1) is 24.3. The van der Waals surface area contributed by atoms with E-state index in [1.807, 2.05) is 24.3 Å². The Morgan fingerprint density at radius 3 is 2.29 bits per heavy atom. The molecule has 3 fully saturated rings. The summed E-state index contributed by atoms with van der Waals surface area (Å²) in [5.74, 6) is 0.526. The summed E-state index contributed by atoms with van der Waals surface area (Å²) in [6.07, 6.45) is 1.69. The van der Waals surface area contributed by atoms with Gasteiger partial charge in [0, 0.05) is 49.5 Å². The van der Waals surface area contributed by atoms with Crippen LogP contribution in [0.2, 0.25) is 25.7 Å². The number of piperidine rings is 1. The zero-order valence-electron chi connectivity index (χ0n) is 28.9. The third kappa shape index (κ3) is 7.99. The Bertz CT molecular complexity index is 1950.